The van der Waals surface area contributed by atoms with Crippen LogP contribution in [0.3, 0.4) is 0 Å². The summed E-state index contributed by atoms with van der Waals surface area (Å²) in [6.07, 6.45) is 2.23. The number of fused-ring (bicyclic) bond motifs is 1. The Bertz CT molecular complexity index is 1070. The fourth-order valence-corrected chi connectivity index (χ4v) is 4.75. The monoisotopic (exact) mass is 406 g/mol. The number of rotatable bonds is 5. The highest BCUT2D eigenvalue weighted by molar-refractivity contribution is 5.89. The van der Waals surface area contributed by atoms with Crippen molar-refractivity contribution in [3.05, 3.63) is 64.3 Å². The molecular formula is C25H30N2O3. The number of carbonyl (C=O) groups is 1. The molecule has 0 bridgehead atoms. The number of likely N-dealkylation sites (tertiary alicyclic amines) is 1. The highest BCUT2D eigenvalue weighted by Gasteiger charge is 2.29. The molecule has 2 aromatic carbocycles. The summed E-state index contributed by atoms with van der Waals surface area (Å²) in [7, 11) is 1.74. The molecule has 0 aliphatic carbocycles. The number of nitrogens with one attached hydrogen (secondary N) is 1. The maximum absolute atomic E-state index is 11.2. The number of aromatic nitrogens is 1. The molecular weight excluding hydrogens is 376 g/mol. The van der Waals surface area contributed by atoms with E-state index >= 15 is 0 Å². The van der Waals surface area contributed by atoms with Gasteiger partial charge < -0.3 is 14.8 Å². The van der Waals surface area contributed by atoms with Crippen molar-refractivity contribution in [2.24, 2.45) is 5.92 Å². The van der Waals surface area contributed by atoms with E-state index in [1.165, 1.54) is 27.6 Å². The minimum Gasteiger partial charge on any atom is -0.496 e. The van der Waals surface area contributed by atoms with Crippen molar-refractivity contribution >= 4 is 16.9 Å². The molecule has 1 saturated heterocycles. The normalized spacial score (nSPS) is 19.9. The maximum Gasteiger partial charge on any atom is 0.335 e. The Balaban J connectivity index is 1.72. The molecule has 1 aromatic heterocycles. The van der Waals surface area contributed by atoms with Crippen LogP contribution in [-0.4, -0.2) is 34.6 Å². The number of hydrogen-bond donors (Lipinski definition) is 2. The van der Waals surface area contributed by atoms with Crippen LogP contribution >= 0.6 is 0 Å². The Kier molecular flexibility index (Phi) is 5.56. The first kappa shape index (κ1) is 20.5. The molecule has 1 aliphatic heterocycles. The number of piperidine rings is 1. The van der Waals surface area contributed by atoms with Gasteiger partial charge in [-0.3, -0.25) is 4.90 Å². The number of aromatic amines is 1. The average molecular weight is 407 g/mol. The average Bonchev–Trinajstić information content (AvgIpc) is 3.13. The molecule has 158 valence electrons. The first-order valence-corrected chi connectivity index (χ1v) is 10.6. The van der Waals surface area contributed by atoms with E-state index in [1.807, 2.05) is 12.1 Å². The summed E-state index contributed by atoms with van der Waals surface area (Å²) in [4.78, 5) is 17.3. The van der Waals surface area contributed by atoms with E-state index in [0.29, 0.717) is 11.5 Å². The van der Waals surface area contributed by atoms with Gasteiger partial charge in [0, 0.05) is 34.7 Å². The predicted octanol–water partition coefficient (Wildman–Crippen LogP) is 5.46. The summed E-state index contributed by atoms with van der Waals surface area (Å²) in [6, 6.07) is 12.0. The molecule has 0 unspecified atom stereocenters. The number of aromatic carboxylic acids is 1. The van der Waals surface area contributed by atoms with Gasteiger partial charge in [0.2, 0.25) is 0 Å². The molecule has 0 amide bonds. The summed E-state index contributed by atoms with van der Waals surface area (Å²) in [5.74, 6) is 0.683. The number of carboxylic acid groups (broad SMARTS) is 1. The van der Waals surface area contributed by atoms with Crippen LogP contribution in [0.2, 0.25) is 0 Å². The molecule has 5 heteroatoms. The van der Waals surface area contributed by atoms with E-state index < -0.39 is 5.97 Å². The molecule has 30 heavy (non-hydrogen) atoms. The Morgan fingerprint density at radius 2 is 1.97 bits per heavy atom. The van der Waals surface area contributed by atoms with E-state index in [2.05, 4.69) is 42.8 Å². The van der Waals surface area contributed by atoms with E-state index in [1.54, 1.807) is 19.2 Å². The quantitative estimate of drug-likeness (QED) is 0.590. The third-order valence-corrected chi connectivity index (χ3v) is 6.42. The maximum atomic E-state index is 11.2. The predicted molar refractivity (Wildman–Crippen MR) is 119 cm³/mol. The minimum absolute atomic E-state index is 0.262. The number of aryl methyl sites for hydroxylation is 2. The second kappa shape index (κ2) is 8.15. The van der Waals surface area contributed by atoms with Crippen molar-refractivity contribution in [1.82, 2.24) is 9.88 Å². The molecule has 0 spiro atoms. The van der Waals surface area contributed by atoms with Gasteiger partial charge in [0.25, 0.3) is 0 Å². The van der Waals surface area contributed by atoms with Gasteiger partial charge in [-0.1, -0.05) is 19.1 Å². The Morgan fingerprint density at radius 1 is 1.23 bits per heavy atom. The van der Waals surface area contributed by atoms with Gasteiger partial charge >= 0.3 is 5.97 Å². The van der Waals surface area contributed by atoms with Gasteiger partial charge in [0.15, 0.2) is 0 Å². The summed E-state index contributed by atoms with van der Waals surface area (Å²) in [6.45, 7) is 8.31. The van der Waals surface area contributed by atoms with Crippen LogP contribution in [-0.2, 0) is 6.54 Å². The first-order chi connectivity index (χ1) is 14.4. The second-order valence-electron chi connectivity index (χ2n) is 8.66. The van der Waals surface area contributed by atoms with Gasteiger partial charge in [-0.25, -0.2) is 4.79 Å². The Hall–Kier alpha value is -2.79. The van der Waals surface area contributed by atoms with Gasteiger partial charge in [-0.05, 0) is 74.5 Å². The van der Waals surface area contributed by atoms with Crippen LogP contribution in [0.25, 0.3) is 10.9 Å². The zero-order chi connectivity index (χ0) is 21.4. The number of carboxylic acids is 1. The highest BCUT2D eigenvalue weighted by Crippen LogP contribution is 2.39. The van der Waals surface area contributed by atoms with E-state index in [0.717, 1.165) is 37.4 Å². The summed E-state index contributed by atoms with van der Waals surface area (Å²) in [5, 5.41) is 10.5. The number of H-pyrrole nitrogens is 1. The van der Waals surface area contributed by atoms with E-state index in [9.17, 15) is 9.90 Å². The summed E-state index contributed by atoms with van der Waals surface area (Å²) >= 11 is 0. The standard InChI is InChI=1S/C25H30N2O3/c1-15-9-10-27(22(11-15)18-5-7-19(8-6-18)25(28)29)14-21-20-13-17(3)26-24(20)16(2)12-23(21)30-4/h5-8,12-13,15,22,26H,9-11,14H2,1-4H3,(H,28,29)/t15-,22+/m1/s1. The van der Waals surface area contributed by atoms with E-state index in [-0.39, 0.29) is 6.04 Å². The van der Waals surface area contributed by atoms with Crippen molar-refractivity contribution < 1.29 is 14.6 Å². The number of ether oxygens (including phenoxy) is 1. The van der Waals surface area contributed by atoms with Crippen LogP contribution in [0.15, 0.2) is 36.4 Å². The smallest absolute Gasteiger partial charge is 0.335 e. The van der Waals surface area contributed by atoms with Crippen molar-refractivity contribution in [3.8, 4) is 5.75 Å². The van der Waals surface area contributed by atoms with Crippen molar-refractivity contribution in [2.45, 2.75) is 46.2 Å². The van der Waals surface area contributed by atoms with Crippen LogP contribution < -0.4 is 4.74 Å². The zero-order valence-corrected chi connectivity index (χ0v) is 18.2. The lowest BCUT2D eigenvalue weighted by Crippen LogP contribution is -2.36. The van der Waals surface area contributed by atoms with E-state index in [4.69, 9.17) is 4.74 Å². The minimum atomic E-state index is -0.884. The van der Waals surface area contributed by atoms with Crippen molar-refractivity contribution in [3.63, 3.8) is 0 Å². The van der Waals surface area contributed by atoms with Crippen LogP contribution in [0.5, 0.6) is 5.75 Å². The number of hydrogen-bond acceptors (Lipinski definition) is 3. The molecule has 1 aliphatic rings. The van der Waals surface area contributed by atoms with Gasteiger partial charge in [-0.15, -0.1) is 0 Å². The summed E-state index contributed by atoms with van der Waals surface area (Å²) < 4.78 is 5.78. The van der Waals surface area contributed by atoms with Crippen molar-refractivity contribution in [1.29, 1.82) is 0 Å². The van der Waals surface area contributed by atoms with Gasteiger partial charge in [0.1, 0.15) is 5.75 Å². The summed E-state index contributed by atoms with van der Waals surface area (Å²) in [5.41, 5.74) is 6.24. The lowest BCUT2D eigenvalue weighted by atomic mass is 9.87. The SMILES string of the molecule is COc1cc(C)c2[nH]c(C)cc2c1CN1CC[C@@H](C)C[C@H]1c1ccc(C(=O)O)cc1. The number of nitrogens with zero attached hydrogens (tertiary/aromatic N) is 1. The lowest BCUT2D eigenvalue weighted by Gasteiger charge is -2.39. The van der Waals surface area contributed by atoms with Crippen LogP contribution in [0, 0.1) is 19.8 Å². The van der Waals surface area contributed by atoms with Crippen LogP contribution in [0.1, 0.15) is 58.5 Å². The van der Waals surface area contributed by atoms with Crippen LogP contribution in [0.4, 0.5) is 0 Å². The molecule has 2 heterocycles. The fourth-order valence-electron chi connectivity index (χ4n) is 4.75. The third kappa shape index (κ3) is 3.82. The number of methoxy groups -OCH3 is 1. The number of benzene rings is 2. The van der Waals surface area contributed by atoms with Crippen molar-refractivity contribution in [2.75, 3.05) is 13.7 Å². The molecule has 2 N–H and O–H groups in total. The lowest BCUT2D eigenvalue weighted by molar-refractivity contribution is 0.0696. The molecule has 1 fully saturated rings. The molecule has 2 atom stereocenters. The molecule has 4 rings (SSSR count). The molecule has 3 aromatic rings. The fraction of sp³-hybridized carbons (Fsp3) is 0.400. The largest absolute Gasteiger partial charge is 0.496 e. The Morgan fingerprint density at radius 3 is 2.63 bits per heavy atom. The third-order valence-electron chi connectivity index (χ3n) is 6.42. The van der Waals surface area contributed by atoms with Gasteiger partial charge in [0.05, 0.1) is 12.7 Å². The first-order valence-electron chi connectivity index (χ1n) is 10.6. The molecule has 0 saturated carbocycles. The highest BCUT2D eigenvalue weighted by atomic mass is 16.5. The van der Waals surface area contributed by atoms with Gasteiger partial charge in [-0.2, -0.15) is 0 Å². The second-order valence-corrected chi connectivity index (χ2v) is 8.66. The molecule has 0 radical (unpaired) electrons. The molecule has 5 nitrogen and oxygen atoms in total. The Labute approximate surface area is 177 Å². The zero-order valence-electron chi connectivity index (χ0n) is 18.2. The topological polar surface area (TPSA) is 65.6 Å².